The molecule has 0 aromatic carbocycles. The van der Waals surface area contributed by atoms with Crippen LogP contribution in [0.3, 0.4) is 0 Å². The molecule has 0 saturated heterocycles. The van der Waals surface area contributed by atoms with Crippen molar-refractivity contribution in [1.29, 1.82) is 0 Å². The Labute approximate surface area is 77.9 Å². The fraction of sp³-hybridized carbons (Fsp3) is 0.364. The summed E-state index contributed by atoms with van der Waals surface area (Å²) in [4.78, 5) is 4.15. The third-order valence-corrected chi connectivity index (χ3v) is 2.09. The van der Waals surface area contributed by atoms with Gasteiger partial charge >= 0.3 is 0 Å². The van der Waals surface area contributed by atoms with E-state index in [0.717, 1.165) is 17.0 Å². The highest BCUT2D eigenvalue weighted by Gasteiger charge is 2.18. The maximum Gasteiger partial charge on any atom is 0.117 e. The van der Waals surface area contributed by atoms with Gasteiger partial charge < -0.3 is 4.42 Å². The van der Waals surface area contributed by atoms with Crippen molar-refractivity contribution in [3.05, 3.63) is 30.4 Å². The number of fused-ring (bicyclic) bond motifs is 1. The molecule has 2 heterocycles. The van der Waals surface area contributed by atoms with Crippen LogP contribution in [0.4, 0.5) is 0 Å². The second-order valence-electron chi connectivity index (χ2n) is 4.28. The molecule has 0 saturated carbocycles. The molecule has 2 aliphatic rings. The van der Waals surface area contributed by atoms with E-state index >= 15 is 0 Å². The van der Waals surface area contributed by atoms with Crippen molar-refractivity contribution in [2.24, 2.45) is 0 Å². The lowest BCUT2D eigenvalue weighted by Crippen LogP contribution is -2.10. The molecule has 68 valence electrons. The Morgan fingerprint density at radius 1 is 1.31 bits per heavy atom. The van der Waals surface area contributed by atoms with Crippen LogP contribution in [-0.2, 0) is 5.41 Å². The molecule has 2 rings (SSSR count). The summed E-state index contributed by atoms with van der Waals surface area (Å²) in [5.41, 5.74) is 2.13. The van der Waals surface area contributed by atoms with Crippen molar-refractivity contribution in [2.75, 3.05) is 0 Å². The average Bonchev–Trinajstić information content (AvgIpc) is 2.47. The Bertz CT molecular complexity index is 384. The summed E-state index contributed by atoms with van der Waals surface area (Å²) in [6.45, 7) is 6.40. The smallest absolute Gasteiger partial charge is 0.117 e. The normalized spacial score (nSPS) is 12.2. The average molecular weight is 175 g/mol. The van der Waals surface area contributed by atoms with Gasteiger partial charge in [0.15, 0.2) is 0 Å². The second-order valence-corrected chi connectivity index (χ2v) is 4.28. The number of nitrogens with zero attached hydrogens (tertiary/aromatic N) is 1. The van der Waals surface area contributed by atoms with Crippen molar-refractivity contribution in [2.45, 2.75) is 26.2 Å². The monoisotopic (exact) mass is 175 g/mol. The molecule has 0 bridgehead atoms. The minimum absolute atomic E-state index is 0.0610. The zero-order chi connectivity index (χ0) is 9.47. The molecule has 0 atom stereocenters. The van der Waals surface area contributed by atoms with E-state index in [-0.39, 0.29) is 5.41 Å². The van der Waals surface area contributed by atoms with Crippen LogP contribution in [0.5, 0.6) is 0 Å². The van der Waals surface area contributed by atoms with E-state index in [0.29, 0.717) is 0 Å². The zero-order valence-electron chi connectivity index (χ0n) is 8.16. The fourth-order valence-corrected chi connectivity index (χ4v) is 1.27. The van der Waals surface area contributed by atoms with Gasteiger partial charge in [0.1, 0.15) is 17.7 Å². The van der Waals surface area contributed by atoms with E-state index in [4.69, 9.17) is 4.42 Å². The van der Waals surface area contributed by atoms with Crippen LogP contribution in [-0.4, -0.2) is 4.98 Å². The summed E-state index contributed by atoms with van der Waals surface area (Å²) in [6, 6.07) is 4.06. The van der Waals surface area contributed by atoms with Gasteiger partial charge in [-0.05, 0) is 12.1 Å². The first-order valence-corrected chi connectivity index (χ1v) is 4.41. The minimum atomic E-state index is 0.0610. The Morgan fingerprint density at radius 3 is 2.77 bits per heavy atom. The van der Waals surface area contributed by atoms with Crippen LogP contribution in [0.15, 0.2) is 29.0 Å². The van der Waals surface area contributed by atoms with E-state index in [1.165, 1.54) is 0 Å². The summed E-state index contributed by atoms with van der Waals surface area (Å²) < 4.78 is 5.50. The Hall–Kier alpha value is -1.31. The molecule has 2 aliphatic heterocycles. The van der Waals surface area contributed by atoms with Gasteiger partial charge in [-0.3, -0.25) is 4.98 Å². The summed E-state index contributed by atoms with van der Waals surface area (Å²) in [7, 11) is 0. The predicted molar refractivity (Wildman–Crippen MR) is 51.8 cm³/mol. The topological polar surface area (TPSA) is 26.0 Å². The molecule has 0 amide bonds. The van der Waals surface area contributed by atoms with Crippen LogP contribution in [0.2, 0.25) is 0 Å². The quantitative estimate of drug-likeness (QED) is 0.615. The third-order valence-electron chi connectivity index (χ3n) is 2.09. The van der Waals surface area contributed by atoms with Crippen molar-refractivity contribution in [3.8, 4) is 11.3 Å². The van der Waals surface area contributed by atoms with Crippen LogP contribution >= 0.6 is 0 Å². The molecular weight excluding hydrogens is 162 g/mol. The molecule has 0 N–H and O–H groups in total. The minimum Gasteiger partial charge on any atom is -0.467 e. The summed E-state index contributed by atoms with van der Waals surface area (Å²) in [5.74, 6) is 0.994. The molecule has 0 unspecified atom stereocenters. The highest BCUT2D eigenvalue weighted by atomic mass is 16.3. The summed E-state index contributed by atoms with van der Waals surface area (Å²) >= 11 is 0. The van der Waals surface area contributed by atoms with Gasteiger partial charge in [0.05, 0.1) is 0 Å². The zero-order valence-corrected chi connectivity index (χ0v) is 8.16. The maximum absolute atomic E-state index is 5.50. The SMILES string of the molecule is CC(C)(C)c1cc2ccnc-2co1. The fourth-order valence-electron chi connectivity index (χ4n) is 1.27. The highest BCUT2D eigenvalue weighted by molar-refractivity contribution is 5.59. The molecule has 2 nitrogen and oxygen atoms in total. The Morgan fingerprint density at radius 2 is 2.08 bits per heavy atom. The molecule has 0 aliphatic carbocycles. The Balaban J connectivity index is 2.56. The first-order valence-electron chi connectivity index (χ1n) is 4.41. The van der Waals surface area contributed by atoms with Gasteiger partial charge in [-0.15, -0.1) is 0 Å². The van der Waals surface area contributed by atoms with Crippen molar-refractivity contribution < 1.29 is 4.42 Å². The lowest BCUT2D eigenvalue weighted by atomic mass is 9.92. The first kappa shape index (κ1) is 8.30. The van der Waals surface area contributed by atoms with Crippen LogP contribution in [0.25, 0.3) is 11.3 Å². The molecule has 0 radical (unpaired) electrons. The van der Waals surface area contributed by atoms with Gasteiger partial charge in [0, 0.05) is 17.2 Å². The lowest BCUT2D eigenvalue weighted by molar-refractivity contribution is 0.397. The summed E-state index contributed by atoms with van der Waals surface area (Å²) in [6.07, 6.45) is 3.52. The van der Waals surface area contributed by atoms with Gasteiger partial charge in [-0.1, -0.05) is 20.8 Å². The largest absolute Gasteiger partial charge is 0.467 e. The molecule has 13 heavy (non-hydrogen) atoms. The molecule has 0 aromatic rings. The molecular formula is C11H13NO. The van der Waals surface area contributed by atoms with Gasteiger partial charge in [-0.25, -0.2) is 0 Å². The van der Waals surface area contributed by atoms with E-state index in [2.05, 4.69) is 31.8 Å². The van der Waals surface area contributed by atoms with Crippen LogP contribution in [0, 0.1) is 0 Å². The first-order chi connectivity index (χ1) is 6.07. The molecule has 0 spiro atoms. The van der Waals surface area contributed by atoms with Gasteiger partial charge in [0.25, 0.3) is 0 Å². The number of rotatable bonds is 0. The van der Waals surface area contributed by atoms with Crippen molar-refractivity contribution >= 4 is 0 Å². The molecule has 0 aromatic heterocycles. The molecule has 0 fully saturated rings. The third kappa shape index (κ3) is 1.44. The van der Waals surface area contributed by atoms with Gasteiger partial charge in [-0.2, -0.15) is 0 Å². The van der Waals surface area contributed by atoms with E-state index in [9.17, 15) is 0 Å². The predicted octanol–water partition coefficient (Wildman–Crippen LogP) is 3.08. The van der Waals surface area contributed by atoms with Gasteiger partial charge in [0.2, 0.25) is 0 Å². The standard InChI is InChI=1S/C11H13NO/c1-11(2,3)10-6-8-4-5-12-9(8)7-13-10/h4-7H,1-3H3. The number of hydrogen-bond acceptors (Lipinski definition) is 2. The van der Waals surface area contributed by atoms with E-state index in [1.807, 2.05) is 6.07 Å². The number of hydrogen-bond donors (Lipinski definition) is 0. The van der Waals surface area contributed by atoms with E-state index < -0.39 is 0 Å². The second kappa shape index (κ2) is 2.59. The van der Waals surface area contributed by atoms with Crippen LogP contribution < -0.4 is 0 Å². The van der Waals surface area contributed by atoms with E-state index in [1.54, 1.807) is 12.5 Å². The lowest BCUT2D eigenvalue weighted by Gasteiger charge is -2.17. The van der Waals surface area contributed by atoms with Crippen molar-refractivity contribution in [3.63, 3.8) is 0 Å². The number of aromatic nitrogens is 1. The Kier molecular flexibility index (Phi) is 1.65. The van der Waals surface area contributed by atoms with Crippen molar-refractivity contribution in [1.82, 2.24) is 4.98 Å². The highest BCUT2D eigenvalue weighted by Crippen LogP contribution is 2.28. The summed E-state index contributed by atoms with van der Waals surface area (Å²) in [5, 5.41) is 0. The molecule has 2 heteroatoms. The maximum atomic E-state index is 5.50. The van der Waals surface area contributed by atoms with Crippen LogP contribution in [0.1, 0.15) is 26.5 Å².